The van der Waals surface area contributed by atoms with Crippen molar-refractivity contribution >= 4 is 5.97 Å². The van der Waals surface area contributed by atoms with Gasteiger partial charge in [0.1, 0.15) is 6.61 Å². The molecule has 0 bridgehead atoms. The lowest BCUT2D eigenvalue weighted by atomic mass is 10.1. The van der Waals surface area contributed by atoms with Gasteiger partial charge in [0.05, 0.1) is 32.5 Å². The third kappa shape index (κ3) is 13.4. The number of carboxylic acids is 1. The summed E-state index contributed by atoms with van der Waals surface area (Å²) in [6.07, 6.45) is 2.15. The maximum Gasteiger partial charge on any atom is 0.329 e. The molecule has 0 aromatic heterocycles. The molecule has 0 fully saturated rings. The van der Waals surface area contributed by atoms with Crippen molar-refractivity contribution in [1.82, 2.24) is 0 Å². The molecule has 0 aromatic rings. The molecule has 0 heterocycles. The van der Waals surface area contributed by atoms with Gasteiger partial charge in [-0.1, -0.05) is 13.3 Å². The minimum atomic E-state index is -0.982. The Morgan fingerprint density at radius 1 is 1.00 bits per heavy atom. The SMILES string of the molecule is CCCC(O)CCOCCOCCOCC(=O)O. The standard InChI is InChI=1S/C12H24O6/c1-2-3-11(13)4-5-16-6-7-17-8-9-18-10-12(14)15/h11,13H,2-10H2,1H3,(H,14,15). The average Bonchev–Trinajstić information content (AvgIpc) is 2.31. The molecule has 0 saturated heterocycles. The van der Waals surface area contributed by atoms with E-state index in [0.717, 1.165) is 12.8 Å². The van der Waals surface area contributed by atoms with Crippen LogP contribution in [0.15, 0.2) is 0 Å². The molecular weight excluding hydrogens is 240 g/mol. The highest BCUT2D eigenvalue weighted by Gasteiger charge is 2.01. The lowest BCUT2D eigenvalue weighted by molar-refractivity contribution is -0.142. The third-order valence-electron chi connectivity index (χ3n) is 2.19. The summed E-state index contributed by atoms with van der Waals surface area (Å²) in [5, 5.41) is 17.7. The third-order valence-corrected chi connectivity index (χ3v) is 2.19. The van der Waals surface area contributed by atoms with E-state index in [2.05, 4.69) is 0 Å². The van der Waals surface area contributed by atoms with Crippen LogP contribution in [0, 0.1) is 0 Å². The van der Waals surface area contributed by atoms with Crippen LogP contribution in [0.5, 0.6) is 0 Å². The summed E-state index contributed by atoms with van der Waals surface area (Å²) in [5.74, 6) is -0.982. The largest absolute Gasteiger partial charge is 0.480 e. The first-order valence-corrected chi connectivity index (χ1v) is 6.30. The summed E-state index contributed by atoms with van der Waals surface area (Å²) in [7, 11) is 0. The highest BCUT2D eigenvalue weighted by Crippen LogP contribution is 2.00. The van der Waals surface area contributed by atoms with Crippen LogP contribution in [-0.2, 0) is 19.0 Å². The van der Waals surface area contributed by atoms with Gasteiger partial charge in [-0.3, -0.25) is 0 Å². The van der Waals surface area contributed by atoms with Crippen molar-refractivity contribution in [2.24, 2.45) is 0 Å². The Bertz CT molecular complexity index is 197. The summed E-state index contributed by atoms with van der Waals surface area (Å²) in [4.78, 5) is 10.1. The fourth-order valence-electron chi connectivity index (χ4n) is 1.30. The van der Waals surface area contributed by atoms with Gasteiger partial charge in [0.2, 0.25) is 0 Å². The Kier molecular flexibility index (Phi) is 12.3. The van der Waals surface area contributed by atoms with Gasteiger partial charge in [-0.25, -0.2) is 4.79 Å². The molecule has 1 unspecified atom stereocenters. The van der Waals surface area contributed by atoms with Crippen molar-refractivity contribution < 1.29 is 29.2 Å². The zero-order valence-electron chi connectivity index (χ0n) is 11.0. The van der Waals surface area contributed by atoms with E-state index in [1.54, 1.807) is 0 Å². The van der Waals surface area contributed by atoms with E-state index in [0.29, 0.717) is 32.8 Å². The Balaban J connectivity index is 3.05. The maximum atomic E-state index is 10.1. The van der Waals surface area contributed by atoms with Crippen molar-refractivity contribution in [2.45, 2.75) is 32.3 Å². The van der Waals surface area contributed by atoms with E-state index >= 15 is 0 Å². The van der Waals surface area contributed by atoms with Gasteiger partial charge in [0, 0.05) is 6.61 Å². The van der Waals surface area contributed by atoms with Gasteiger partial charge >= 0.3 is 5.97 Å². The van der Waals surface area contributed by atoms with Crippen LogP contribution < -0.4 is 0 Å². The fourth-order valence-corrected chi connectivity index (χ4v) is 1.30. The van der Waals surface area contributed by atoms with E-state index in [1.807, 2.05) is 6.92 Å². The fraction of sp³-hybridized carbons (Fsp3) is 0.917. The summed E-state index contributed by atoms with van der Waals surface area (Å²) in [6, 6.07) is 0. The number of aliphatic hydroxyl groups is 1. The number of hydrogen-bond acceptors (Lipinski definition) is 5. The van der Waals surface area contributed by atoms with E-state index in [-0.39, 0.29) is 19.3 Å². The Morgan fingerprint density at radius 2 is 1.56 bits per heavy atom. The van der Waals surface area contributed by atoms with Crippen LogP contribution in [0.2, 0.25) is 0 Å². The first kappa shape index (κ1) is 17.3. The molecule has 2 N–H and O–H groups in total. The zero-order valence-corrected chi connectivity index (χ0v) is 11.0. The number of rotatable bonds is 13. The Morgan fingerprint density at radius 3 is 2.11 bits per heavy atom. The average molecular weight is 264 g/mol. The summed E-state index contributed by atoms with van der Waals surface area (Å²) in [5.41, 5.74) is 0. The molecule has 0 aliphatic carbocycles. The summed E-state index contributed by atoms with van der Waals surface area (Å²) >= 11 is 0. The lowest BCUT2D eigenvalue weighted by Gasteiger charge is -2.09. The van der Waals surface area contributed by atoms with Gasteiger partial charge in [-0.2, -0.15) is 0 Å². The molecule has 108 valence electrons. The van der Waals surface area contributed by atoms with Crippen molar-refractivity contribution in [1.29, 1.82) is 0 Å². The van der Waals surface area contributed by atoms with E-state index in [1.165, 1.54) is 0 Å². The number of aliphatic hydroxyl groups excluding tert-OH is 1. The van der Waals surface area contributed by atoms with E-state index < -0.39 is 5.97 Å². The first-order chi connectivity index (χ1) is 8.66. The topological polar surface area (TPSA) is 85.2 Å². The van der Waals surface area contributed by atoms with Crippen molar-refractivity contribution in [3.05, 3.63) is 0 Å². The molecule has 0 rings (SSSR count). The van der Waals surface area contributed by atoms with Crippen LogP contribution in [0.4, 0.5) is 0 Å². The molecule has 6 heteroatoms. The molecular formula is C12H24O6. The van der Waals surface area contributed by atoms with E-state index in [9.17, 15) is 9.90 Å². The minimum Gasteiger partial charge on any atom is -0.480 e. The number of hydrogen-bond donors (Lipinski definition) is 2. The Hall–Kier alpha value is -0.690. The quantitative estimate of drug-likeness (QED) is 0.476. The highest BCUT2D eigenvalue weighted by atomic mass is 16.5. The van der Waals surface area contributed by atoms with Crippen LogP contribution in [0.25, 0.3) is 0 Å². The van der Waals surface area contributed by atoms with Crippen LogP contribution in [0.3, 0.4) is 0 Å². The number of carboxylic acid groups (broad SMARTS) is 1. The van der Waals surface area contributed by atoms with Gasteiger partial charge in [-0.05, 0) is 12.8 Å². The zero-order chi connectivity index (χ0) is 13.6. The Labute approximate surface area is 108 Å². The number of carbonyl (C=O) groups is 1. The second kappa shape index (κ2) is 12.8. The van der Waals surface area contributed by atoms with Crippen molar-refractivity contribution in [3.63, 3.8) is 0 Å². The molecule has 0 aliphatic rings. The van der Waals surface area contributed by atoms with Crippen molar-refractivity contribution in [2.75, 3.05) is 39.6 Å². The van der Waals surface area contributed by atoms with Gasteiger partial charge < -0.3 is 24.4 Å². The summed E-state index contributed by atoms with van der Waals surface area (Å²) < 4.78 is 15.2. The van der Waals surface area contributed by atoms with Crippen LogP contribution in [-0.4, -0.2) is 61.9 Å². The smallest absolute Gasteiger partial charge is 0.329 e. The molecule has 1 atom stereocenters. The minimum absolute atomic E-state index is 0.265. The van der Waals surface area contributed by atoms with Crippen molar-refractivity contribution in [3.8, 4) is 0 Å². The highest BCUT2D eigenvalue weighted by molar-refractivity contribution is 5.67. The second-order valence-electron chi connectivity index (χ2n) is 3.90. The predicted molar refractivity (Wildman–Crippen MR) is 65.6 cm³/mol. The van der Waals surface area contributed by atoms with Gasteiger partial charge in [-0.15, -0.1) is 0 Å². The molecule has 0 amide bonds. The van der Waals surface area contributed by atoms with E-state index in [4.69, 9.17) is 19.3 Å². The number of ether oxygens (including phenoxy) is 3. The van der Waals surface area contributed by atoms with Gasteiger partial charge in [0.25, 0.3) is 0 Å². The molecule has 0 aliphatic heterocycles. The van der Waals surface area contributed by atoms with Crippen LogP contribution >= 0.6 is 0 Å². The first-order valence-electron chi connectivity index (χ1n) is 6.30. The van der Waals surface area contributed by atoms with Gasteiger partial charge in [0.15, 0.2) is 0 Å². The predicted octanol–water partition coefficient (Wildman–Crippen LogP) is 0.672. The normalized spacial score (nSPS) is 12.6. The molecule has 18 heavy (non-hydrogen) atoms. The number of aliphatic carboxylic acids is 1. The maximum absolute atomic E-state index is 10.1. The molecule has 0 saturated carbocycles. The summed E-state index contributed by atoms with van der Waals surface area (Å²) in [6.45, 7) is 3.80. The molecule has 0 aromatic carbocycles. The monoisotopic (exact) mass is 264 g/mol. The van der Waals surface area contributed by atoms with Crippen LogP contribution in [0.1, 0.15) is 26.2 Å². The molecule has 6 nitrogen and oxygen atoms in total. The molecule has 0 radical (unpaired) electrons. The second-order valence-corrected chi connectivity index (χ2v) is 3.90. The lowest BCUT2D eigenvalue weighted by Crippen LogP contribution is -2.14. The molecule has 0 spiro atoms.